The molecule has 0 aromatic heterocycles. The van der Waals surface area contributed by atoms with E-state index >= 15 is 0 Å². The zero-order chi connectivity index (χ0) is 25.4. The van der Waals surface area contributed by atoms with Gasteiger partial charge in [0.05, 0.1) is 18.8 Å². The first-order chi connectivity index (χ1) is 16.0. The Labute approximate surface area is 195 Å². The van der Waals surface area contributed by atoms with E-state index < -0.39 is 42.3 Å². The summed E-state index contributed by atoms with van der Waals surface area (Å²) in [6, 6.07) is 2.09. The zero-order valence-corrected chi connectivity index (χ0v) is 19.5. The minimum atomic E-state index is -0.866. The van der Waals surface area contributed by atoms with Gasteiger partial charge in [-0.15, -0.1) is 0 Å². The maximum atomic E-state index is 14.9. The van der Waals surface area contributed by atoms with Gasteiger partial charge < -0.3 is 19.7 Å². The fourth-order valence-corrected chi connectivity index (χ4v) is 3.24. The van der Waals surface area contributed by atoms with Crippen LogP contribution in [0.15, 0.2) is 12.1 Å². The Morgan fingerprint density at radius 1 is 1.24 bits per heavy atom. The molecule has 0 bridgehead atoms. The highest BCUT2D eigenvalue weighted by molar-refractivity contribution is 5.90. The molecule has 1 aliphatic heterocycles. The molecular weight excluding hydrogens is 456 g/mol. The first-order valence-electron chi connectivity index (χ1n) is 10.6. The second-order valence-electron chi connectivity index (χ2n) is 7.53. The third-order valence-electron chi connectivity index (χ3n) is 4.97. The highest BCUT2D eigenvalue weighted by atomic mass is 19.1. The highest BCUT2D eigenvalue weighted by Crippen LogP contribution is 2.30. The molecule has 1 saturated heterocycles. The molecule has 2 N–H and O–H groups in total. The molecule has 1 fully saturated rings. The van der Waals surface area contributed by atoms with Gasteiger partial charge in [-0.25, -0.2) is 19.0 Å². The molecule has 0 saturated carbocycles. The Bertz CT molecular complexity index is 908. The van der Waals surface area contributed by atoms with Crippen molar-refractivity contribution in [3.63, 3.8) is 0 Å². The lowest BCUT2D eigenvalue weighted by molar-refractivity contribution is -0.150. The third kappa shape index (κ3) is 7.27. The molecule has 13 heteroatoms. The number of hydrazine groups is 1. The van der Waals surface area contributed by atoms with Gasteiger partial charge in [0.25, 0.3) is 5.91 Å². The van der Waals surface area contributed by atoms with Crippen molar-refractivity contribution in [3.05, 3.63) is 23.8 Å². The Morgan fingerprint density at radius 2 is 1.88 bits per heavy atom. The monoisotopic (exact) mass is 485 g/mol. The van der Waals surface area contributed by atoms with E-state index in [1.807, 2.05) is 0 Å². The lowest BCUT2D eigenvalue weighted by atomic mass is 10.2. The molecule has 34 heavy (non-hydrogen) atoms. The van der Waals surface area contributed by atoms with Gasteiger partial charge in [-0.1, -0.05) is 0 Å². The summed E-state index contributed by atoms with van der Waals surface area (Å²) in [4.78, 5) is 48.4. The van der Waals surface area contributed by atoms with Crippen LogP contribution in [-0.4, -0.2) is 81.4 Å². The summed E-state index contributed by atoms with van der Waals surface area (Å²) in [6.45, 7) is 4.51. The number of halogens is 2. The lowest BCUT2D eigenvalue weighted by Gasteiger charge is -2.27. The molecule has 2 rings (SSSR count). The number of nitrogens with one attached hydrogen (secondary N) is 2. The lowest BCUT2D eigenvalue weighted by Crippen LogP contribution is -2.45. The predicted molar refractivity (Wildman–Crippen MR) is 118 cm³/mol. The maximum absolute atomic E-state index is 14.9. The van der Waals surface area contributed by atoms with Crippen LogP contribution in [0.2, 0.25) is 0 Å². The molecule has 188 valence electrons. The van der Waals surface area contributed by atoms with Gasteiger partial charge >= 0.3 is 12.1 Å². The summed E-state index contributed by atoms with van der Waals surface area (Å²) < 4.78 is 39.6. The number of ether oxygens (including phenoxy) is 2. The van der Waals surface area contributed by atoms with Gasteiger partial charge in [0.2, 0.25) is 5.91 Å². The fraction of sp³-hybridized carbons (Fsp3) is 0.524. The quantitative estimate of drug-likeness (QED) is 0.349. The van der Waals surface area contributed by atoms with Crippen molar-refractivity contribution < 1.29 is 37.4 Å². The second kappa shape index (κ2) is 12.1. The minimum absolute atomic E-state index is 0.000876. The van der Waals surface area contributed by atoms with Gasteiger partial charge in [0.15, 0.2) is 18.2 Å². The molecule has 1 atom stereocenters. The van der Waals surface area contributed by atoms with Crippen molar-refractivity contribution in [1.82, 2.24) is 15.8 Å². The van der Waals surface area contributed by atoms with Gasteiger partial charge in [0, 0.05) is 52.7 Å². The fourth-order valence-electron chi connectivity index (χ4n) is 3.24. The number of hydrogen-bond acceptors (Lipinski definition) is 8. The van der Waals surface area contributed by atoms with Crippen LogP contribution in [0, 0.1) is 11.6 Å². The van der Waals surface area contributed by atoms with Crippen LogP contribution in [0.25, 0.3) is 0 Å². The third-order valence-corrected chi connectivity index (χ3v) is 4.97. The number of hydrogen-bond donors (Lipinski definition) is 2. The number of amides is 3. The number of likely N-dealkylation sites (N-methyl/N-ethyl adjacent to an activating group) is 2. The Morgan fingerprint density at radius 3 is 2.44 bits per heavy atom. The number of nitrogens with zero attached hydrogens (tertiary/aromatic N) is 3. The van der Waals surface area contributed by atoms with E-state index in [-0.39, 0.29) is 50.0 Å². The van der Waals surface area contributed by atoms with Crippen LogP contribution >= 0.6 is 0 Å². The van der Waals surface area contributed by atoms with Crippen LogP contribution in [-0.2, 0) is 23.9 Å². The number of rotatable bonds is 11. The standard InChI is InChI=1S/C21H29F2N5O6/c1-5-27(7-6-25-26(4)19(31)12-33-14(3)30)20-17(22)8-15(9-18(20)23)28-11-16(34-21(28)32)10-24-13(2)29/h8-9,16,25H,5-7,10-12H2,1-4H3,(H,24,29)/t16-/m0/s1. The molecule has 1 heterocycles. The molecule has 11 nitrogen and oxygen atoms in total. The molecule has 1 aromatic carbocycles. The average Bonchev–Trinajstić information content (AvgIpc) is 3.14. The summed E-state index contributed by atoms with van der Waals surface area (Å²) in [5, 5.41) is 3.66. The summed E-state index contributed by atoms with van der Waals surface area (Å²) in [6.07, 6.45) is -1.40. The van der Waals surface area contributed by atoms with E-state index in [2.05, 4.69) is 15.5 Å². The predicted octanol–water partition coefficient (Wildman–Crippen LogP) is 0.779. The van der Waals surface area contributed by atoms with Crippen LogP contribution in [0.3, 0.4) is 0 Å². The first-order valence-corrected chi connectivity index (χ1v) is 10.6. The number of anilines is 2. The van der Waals surface area contributed by atoms with Crippen molar-refractivity contribution in [1.29, 1.82) is 0 Å². The van der Waals surface area contributed by atoms with Gasteiger partial charge in [-0.2, -0.15) is 0 Å². The van der Waals surface area contributed by atoms with Crippen molar-refractivity contribution >= 4 is 35.3 Å². The van der Waals surface area contributed by atoms with E-state index in [1.165, 1.54) is 25.8 Å². The SMILES string of the molecule is CCN(CCNN(C)C(=O)COC(C)=O)c1c(F)cc(N2C[C@H](CNC(C)=O)OC2=O)cc1F. The molecule has 0 aliphatic carbocycles. The molecule has 1 aliphatic rings. The Balaban J connectivity index is 2.02. The number of cyclic esters (lactones) is 1. The summed E-state index contributed by atoms with van der Waals surface area (Å²) in [5.74, 6) is -3.10. The second-order valence-corrected chi connectivity index (χ2v) is 7.53. The summed E-state index contributed by atoms with van der Waals surface area (Å²) >= 11 is 0. The number of esters is 1. The highest BCUT2D eigenvalue weighted by Gasteiger charge is 2.33. The molecular formula is C21H29F2N5O6. The number of benzene rings is 1. The van der Waals surface area contributed by atoms with E-state index in [9.17, 15) is 28.0 Å². The Kier molecular flexibility index (Phi) is 9.54. The maximum Gasteiger partial charge on any atom is 0.414 e. The molecule has 3 amide bonds. The van der Waals surface area contributed by atoms with Gasteiger partial charge in [0.1, 0.15) is 11.8 Å². The van der Waals surface area contributed by atoms with Crippen LogP contribution in [0.4, 0.5) is 25.0 Å². The smallest absolute Gasteiger partial charge is 0.414 e. The minimum Gasteiger partial charge on any atom is -0.456 e. The van der Waals surface area contributed by atoms with Crippen molar-refractivity contribution in [2.75, 3.05) is 56.2 Å². The van der Waals surface area contributed by atoms with Gasteiger partial charge in [-0.05, 0) is 6.92 Å². The molecule has 0 radical (unpaired) electrons. The molecule has 1 aromatic rings. The van der Waals surface area contributed by atoms with E-state index in [0.29, 0.717) is 0 Å². The zero-order valence-electron chi connectivity index (χ0n) is 19.5. The van der Waals surface area contributed by atoms with Crippen LogP contribution in [0.5, 0.6) is 0 Å². The Hall–Kier alpha value is -3.48. The first kappa shape index (κ1) is 26.8. The van der Waals surface area contributed by atoms with Crippen LogP contribution < -0.4 is 20.5 Å². The number of carbonyl (C=O) groups excluding carboxylic acids is 4. The summed E-state index contributed by atoms with van der Waals surface area (Å²) in [5.41, 5.74) is 2.50. The average molecular weight is 485 g/mol. The van der Waals surface area contributed by atoms with Crippen LogP contribution in [0.1, 0.15) is 20.8 Å². The van der Waals surface area contributed by atoms with Gasteiger partial charge in [-0.3, -0.25) is 24.3 Å². The van der Waals surface area contributed by atoms with Crippen molar-refractivity contribution in [2.24, 2.45) is 0 Å². The van der Waals surface area contributed by atoms with Crippen molar-refractivity contribution in [2.45, 2.75) is 26.9 Å². The number of carbonyl (C=O) groups is 4. The van der Waals surface area contributed by atoms with E-state index in [1.54, 1.807) is 6.92 Å². The van der Waals surface area contributed by atoms with E-state index in [4.69, 9.17) is 4.74 Å². The molecule has 0 spiro atoms. The molecule has 0 unspecified atom stereocenters. The summed E-state index contributed by atoms with van der Waals surface area (Å²) in [7, 11) is 1.44. The largest absolute Gasteiger partial charge is 0.456 e. The normalized spacial score (nSPS) is 15.1. The topological polar surface area (TPSA) is 121 Å². The van der Waals surface area contributed by atoms with Crippen molar-refractivity contribution in [3.8, 4) is 0 Å². The van der Waals surface area contributed by atoms with E-state index in [0.717, 1.165) is 22.0 Å².